The zero-order valence-corrected chi connectivity index (χ0v) is 10.9. The van der Waals surface area contributed by atoms with Gasteiger partial charge in [-0.15, -0.1) is 0 Å². The van der Waals surface area contributed by atoms with Gasteiger partial charge in [0.2, 0.25) is 0 Å². The molecule has 1 nitrogen and oxygen atoms in total. The minimum absolute atomic E-state index is 0.242. The van der Waals surface area contributed by atoms with Gasteiger partial charge in [0, 0.05) is 5.56 Å². The van der Waals surface area contributed by atoms with Crippen LogP contribution in [0, 0.1) is 0 Å². The first-order valence-electron chi connectivity index (χ1n) is 5.59. The summed E-state index contributed by atoms with van der Waals surface area (Å²) in [6.45, 7) is 9.31. The SMILES string of the molecule is CC.CC.CC(=O)c1ccc(C(F)(F)F)cc1. The summed E-state index contributed by atoms with van der Waals surface area (Å²) in [7, 11) is 0. The Hall–Kier alpha value is -1.32. The van der Waals surface area contributed by atoms with Crippen LogP contribution in [0.4, 0.5) is 13.2 Å². The maximum atomic E-state index is 12.0. The van der Waals surface area contributed by atoms with E-state index in [1.54, 1.807) is 0 Å². The van der Waals surface area contributed by atoms with Crippen LogP contribution in [0.25, 0.3) is 0 Å². The van der Waals surface area contributed by atoms with E-state index in [2.05, 4.69) is 0 Å². The lowest BCUT2D eigenvalue weighted by atomic mass is 10.1. The first-order chi connectivity index (χ1) is 7.91. The lowest BCUT2D eigenvalue weighted by molar-refractivity contribution is -0.137. The number of ketones is 1. The zero-order valence-electron chi connectivity index (χ0n) is 10.9. The molecule has 1 aromatic carbocycles. The summed E-state index contributed by atoms with van der Waals surface area (Å²) >= 11 is 0. The average molecular weight is 248 g/mol. The number of rotatable bonds is 1. The van der Waals surface area contributed by atoms with Crippen molar-refractivity contribution in [1.82, 2.24) is 0 Å². The van der Waals surface area contributed by atoms with Crippen molar-refractivity contribution in [2.75, 3.05) is 0 Å². The third kappa shape index (κ3) is 6.76. The van der Waals surface area contributed by atoms with Crippen LogP contribution in [-0.2, 0) is 6.18 Å². The van der Waals surface area contributed by atoms with E-state index in [1.165, 1.54) is 19.1 Å². The van der Waals surface area contributed by atoms with E-state index >= 15 is 0 Å². The molecule has 0 aromatic heterocycles. The molecule has 0 N–H and O–H groups in total. The number of alkyl halides is 3. The van der Waals surface area contributed by atoms with Crippen LogP contribution in [0.2, 0.25) is 0 Å². The molecule has 17 heavy (non-hydrogen) atoms. The van der Waals surface area contributed by atoms with Crippen molar-refractivity contribution in [2.24, 2.45) is 0 Å². The van der Waals surface area contributed by atoms with Gasteiger partial charge in [0.05, 0.1) is 5.56 Å². The van der Waals surface area contributed by atoms with E-state index in [1.807, 2.05) is 27.7 Å². The number of carbonyl (C=O) groups excluding carboxylic acids is 1. The lowest BCUT2D eigenvalue weighted by Gasteiger charge is -2.05. The molecular weight excluding hydrogens is 229 g/mol. The summed E-state index contributed by atoms with van der Waals surface area (Å²) in [6, 6.07) is 4.14. The van der Waals surface area contributed by atoms with Crippen molar-refractivity contribution < 1.29 is 18.0 Å². The number of halogens is 3. The highest BCUT2D eigenvalue weighted by Gasteiger charge is 2.29. The smallest absolute Gasteiger partial charge is 0.295 e. The van der Waals surface area contributed by atoms with Gasteiger partial charge in [-0.25, -0.2) is 0 Å². The molecule has 0 saturated heterocycles. The third-order valence-corrected chi connectivity index (χ3v) is 1.62. The summed E-state index contributed by atoms with van der Waals surface area (Å²) in [4.78, 5) is 10.7. The van der Waals surface area contributed by atoms with Crippen LogP contribution in [0.5, 0.6) is 0 Å². The normalized spacial score (nSPS) is 9.41. The van der Waals surface area contributed by atoms with Crippen molar-refractivity contribution in [1.29, 1.82) is 0 Å². The molecule has 0 aliphatic carbocycles. The molecular formula is C13H19F3O. The van der Waals surface area contributed by atoms with Crippen LogP contribution < -0.4 is 0 Å². The molecule has 0 aliphatic heterocycles. The number of hydrogen-bond donors (Lipinski definition) is 0. The largest absolute Gasteiger partial charge is 0.416 e. The molecule has 0 atom stereocenters. The van der Waals surface area contributed by atoms with Gasteiger partial charge in [0.25, 0.3) is 0 Å². The third-order valence-electron chi connectivity index (χ3n) is 1.62. The van der Waals surface area contributed by atoms with Crippen LogP contribution in [0.3, 0.4) is 0 Å². The highest BCUT2D eigenvalue weighted by atomic mass is 19.4. The molecule has 98 valence electrons. The van der Waals surface area contributed by atoms with Gasteiger partial charge >= 0.3 is 6.18 Å². The fourth-order valence-electron chi connectivity index (χ4n) is 0.894. The Labute approximate surface area is 101 Å². The van der Waals surface area contributed by atoms with Gasteiger partial charge in [-0.2, -0.15) is 13.2 Å². The van der Waals surface area contributed by atoms with Gasteiger partial charge in [-0.1, -0.05) is 39.8 Å². The number of hydrogen-bond acceptors (Lipinski definition) is 1. The molecule has 0 saturated carbocycles. The van der Waals surface area contributed by atoms with Crippen molar-refractivity contribution >= 4 is 5.78 Å². The van der Waals surface area contributed by atoms with E-state index in [-0.39, 0.29) is 11.3 Å². The summed E-state index contributed by atoms with van der Waals surface area (Å²) in [5, 5.41) is 0. The first-order valence-corrected chi connectivity index (χ1v) is 5.59. The highest BCUT2D eigenvalue weighted by molar-refractivity contribution is 5.94. The Morgan fingerprint density at radius 1 is 0.941 bits per heavy atom. The summed E-state index contributed by atoms with van der Waals surface area (Å²) in [5.74, 6) is -0.242. The highest BCUT2D eigenvalue weighted by Crippen LogP contribution is 2.28. The summed E-state index contributed by atoms with van der Waals surface area (Å²) in [5.41, 5.74) is -0.453. The van der Waals surface area contributed by atoms with Gasteiger partial charge < -0.3 is 0 Å². The van der Waals surface area contributed by atoms with Crippen molar-refractivity contribution in [3.63, 3.8) is 0 Å². The molecule has 0 heterocycles. The molecule has 1 rings (SSSR count). The number of carbonyl (C=O) groups is 1. The second kappa shape index (κ2) is 8.79. The monoisotopic (exact) mass is 248 g/mol. The van der Waals surface area contributed by atoms with Gasteiger partial charge in [0.15, 0.2) is 5.78 Å². The molecule has 4 heteroatoms. The minimum atomic E-state index is -4.34. The maximum absolute atomic E-state index is 12.0. The Morgan fingerprint density at radius 2 is 1.29 bits per heavy atom. The molecule has 1 aromatic rings. The Morgan fingerprint density at radius 3 is 1.53 bits per heavy atom. The van der Waals surface area contributed by atoms with E-state index in [0.29, 0.717) is 0 Å². The molecule has 0 aliphatic rings. The van der Waals surface area contributed by atoms with Crippen molar-refractivity contribution in [2.45, 2.75) is 40.8 Å². The van der Waals surface area contributed by atoms with E-state index < -0.39 is 11.7 Å². The van der Waals surface area contributed by atoms with Crippen molar-refractivity contribution in [3.05, 3.63) is 35.4 Å². The Bertz CT molecular complexity index is 312. The van der Waals surface area contributed by atoms with Crippen LogP contribution in [0.15, 0.2) is 24.3 Å². The zero-order chi connectivity index (χ0) is 14.1. The fraction of sp³-hybridized carbons (Fsp3) is 0.462. The predicted octanol–water partition coefficient (Wildman–Crippen LogP) is 4.96. The molecule has 0 bridgehead atoms. The summed E-state index contributed by atoms with van der Waals surface area (Å²) in [6.07, 6.45) is -4.34. The van der Waals surface area contributed by atoms with Crippen LogP contribution >= 0.6 is 0 Å². The topological polar surface area (TPSA) is 17.1 Å². The van der Waals surface area contributed by atoms with Crippen LogP contribution in [0.1, 0.15) is 50.5 Å². The minimum Gasteiger partial charge on any atom is -0.295 e. The Balaban J connectivity index is 0. The first kappa shape index (κ1) is 18.1. The predicted molar refractivity (Wildman–Crippen MR) is 64.1 cm³/mol. The molecule has 0 radical (unpaired) electrons. The van der Waals surface area contributed by atoms with Gasteiger partial charge in [-0.3, -0.25) is 4.79 Å². The molecule has 0 amide bonds. The standard InChI is InChI=1S/C9H7F3O.2C2H6/c1-6(13)7-2-4-8(5-3-7)9(10,11)12;2*1-2/h2-5H,1H3;2*1-2H3. The molecule has 0 spiro atoms. The van der Waals surface area contributed by atoms with Crippen molar-refractivity contribution in [3.8, 4) is 0 Å². The second-order valence-electron chi connectivity index (χ2n) is 2.63. The average Bonchev–Trinajstić information content (AvgIpc) is 2.33. The molecule has 0 fully saturated rings. The maximum Gasteiger partial charge on any atom is 0.416 e. The number of Topliss-reactive ketones (excluding diaryl/α,β-unsaturated/α-hetero) is 1. The number of benzene rings is 1. The Kier molecular flexibility index (Phi) is 9.33. The molecule has 0 unspecified atom stereocenters. The summed E-state index contributed by atoms with van der Waals surface area (Å²) < 4.78 is 36.1. The van der Waals surface area contributed by atoms with E-state index in [9.17, 15) is 18.0 Å². The lowest BCUT2D eigenvalue weighted by Crippen LogP contribution is -2.05. The van der Waals surface area contributed by atoms with Gasteiger partial charge in [-0.05, 0) is 19.1 Å². The van der Waals surface area contributed by atoms with E-state index in [0.717, 1.165) is 12.1 Å². The fourth-order valence-corrected chi connectivity index (χ4v) is 0.894. The van der Waals surface area contributed by atoms with Gasteiger partial charge in [0.1, 0.15) is 0 Å². The van der Waals surface area contributed by atoms with E-state index in [4.69, 9.17) is 0 Å². The second-order valence-corrected chi connectivity index (χ2v) is 2.63. The quantitative estimate of drug-likeness (QED) is 0.642. The van der Waals surface area contributed by atoms with Crippen LogP contribution in [-0.4, -0.2) is 5.78 Å².